The van der Waals surface area contributed by atoms with Crippen molar-refractivity contribution in [3.8, 4) is 11.5 Å². The van der Waals surface area contributed by atoms with Gasteiger partial charge in [-0.25, -0.2) is 4.98 Å². The van der Waals surface area contributed by atoms with Crippen LogP contribution in [0.3, 0.4) is 0 Å². The molecule has 1 aromatic heterocycles. The first-order chi connectivity index (χ1) is 7.15. The summed E-state index contributed by atoms with van der Waals surface area (Å²) in [6.45, 7) is 3.98. The Kier molecular flexibility index (Phi) is 3.14. The average Bonchev–Trinajstić information content (AvgIpc) is 2.94. The van der Waals surface area contributed by atoms with Crippen LogP contribution in [0.25, 0.3) is 0 Å². The molecular formula is C11H14BrNO2. The van der Waals surface area contributed by atoms with Crippen molar-refractivity contribution in [2.75, 3.05) is 0 Å². The highest BCUT2D eigenvalue weighted by Crippen LogP contribution is 2.33. The number of ether oxygens (including phenoxy) is 2. The molecule has 0 saturated heterocycles. The monoisotopic (exact) mass is 271 g/mol. The van der Waals surface area contributed by atoms with Gasteiger partial charge in [0.2, 0.25) is 0 Å². The maximum atomic E-state index is 5.69. The molecule has 0 atom stereocenters. The molecule has 1 fully saturated rings. The number of rotatable bonds is 4. The molecule has 3 nitrogen and oxygen atoms in total. The summed E-state index contributed by atoms with van der Waals surface area (Å²) in [6.07, 6.45) is 4.51. The highest BCUT2D eigenvalue weighted by Gasteiger charge is 2.24. The fourth-order valence-corrected chi connectivity index (χ4v) is 1.50. The van der Waals surface area contributed by atoms with E-state index in [4.69, 9.17) is 9.47 Å². The maximum absolute atomic E-state index is 5.69. The molecule has 4 heteroatoms. The molecule has 0 radical (unpaired) electrons. The third-order valence-corrected chi connectivity index (χ3v) is 2.57. The quantitative estimate of drug-likeness (QED) is 0.789. The van der Waals surface area contributed by atoms with Crippen LogP contribution in [0.5, 0.6) is 11.5 Å². The molecule has 82 valence electrons. The minimum absolute atomic E-state index is 0.154. The average molecular weight is 272 g/mol. The Hall–Kier alpha value is -0.770. The van der Waals surface area contributed by atoms with E-state index in [1.54, 1.807) is 6.20 Å². The smallest absolute Gasteiger partial charge is 0.156 e. The van der Waals surface area contributed by atoms with E-state index in [0.29, 0.717) is 6.10 Å². The Balaban J connectivity index is 2.12. The fourth-order valence-electron chi connectivity index (χ4n) is 1.19. The van der Waals surface area contributed by atoms with Crippen LogP contribution in [0.15, 0.2) is 16.9 Å². The van der Waals surface area contributed by atoms with Crippen LogP contribution >= 0.6 is 15.9 Å². The number of nitrogens with zero attached hydrogens (tertiary/aromatic N) is 1. The van der Waals surface area contributed by atoms with Crippen molar-refractivity contribution in [1.82, 2.24) is 4.98 Å². The summed E-state index contributed by atoms with van der Waals surface area (Å²) >= 11 is 3.36. The number of hydrogen-bond acceptors (Lipinski definition) is 3. The van der Waals surface area contributed by atoms with E-state index in [9.17, 15) is 0 Å². The zero-order chi connectivity index (χ0) is 10.8. The molecule has 0 aliphatic heterocycles. The van der Waals surface area contributed by atoms with E-state index >= 15 is 0 Å². The SMILES string of the molecule is CC(C)Oc1cnc(Br)c(OC2CC2)c1. The first kappa shape index (κ1) is 10.7. The minimum Gasteiger partial charge on any atom is -0.489 e. The summed E-state index contributed by atoms with van der Waals surface area (Å²) < 4.78 is 12.0. The number of aromatic nitrogens is 1. The molecule has 1 aliphatic rings. The van der Waals surface area contributed by atoms with Crippen molar-refractivity contribution in [2.45, 2.75) is 38.9 Å². The molecule has 0 unspecified atom stereocenters. The second kappa shape index (κ2) is 4.39. The van der Waals surface area contributed by atoms with Crippen LogP contribution < -0.4 is 9.47 Å². The Bertz CT molecular complexity index is 350. The van der Waals surface area contributed by atoms with Crippen molar-refractivity contribution in [1.29, 1.82) is 0 Å². The van der Waals surface area contributed by atoms with Gasteiger partial charge in [0.15, 0.2) is 5.75 Å². The van der Waals surface area contributed by atoms with Gasteiger partial charge >= 0.3 is 0 Å². The van der Waals surface area contributed by atoms with Crippen LogP contribution in [0.4, 0.5) is 0 Å². The van der Waals surface area contributed by atoms with Gasteiger partial charge in [-0.3, -0.25) is 0 Å². The molecule has 1 aliphatic carbocycles. The van der Waals surface area contributed by atoms with Gasteiger partial charge < -0.3 is 9.47 Å². The molecule has 0 N–H and O–H groups in total. The lowest BCUT2D eigenvalue weighted by Gasteiger charge is -2.11. The minimum atomic E-state index is 0.154. The summed E-state index contributed by atoms with van der Waals surface area (Å²) in [5.41, 5.74) is 0. The van der Waals surface area contributed by atoms with Gasteiger partial charge in [-0.1, -0.05) is 0 Å². The van der Waals surface area contributed by atoms with Crippen molar-refractivity contribution in [3.63, 3.8) is 0 Å². The topological polar surface area (TPSA) is 31.4 Å². The normalized spacial score (nSPS) is 15.5. The molecule has 2 rings (SSSR count). The Morgan fingerprint density at radius 1 is 1.47 bits per heavy atom. The molecule has 0 bridgehead atoms. The van der Waals surface area contributed by atoms with Crippen molar-refractivity contribution in [2.24, 2.45) is 0 Å². The van der Waals surface area contributed by atoms with E-state index < -0.39 is 0 Å². The van der Waals surface area contributed by atoms with Gasteiger partial charge in [-0.2, -0.15) is 0 Å². The Morgan fingerprint density at radius 3 is 2.80 bits per heavy atom. The van der Waals surface area contributed by atoms with Gasteiger partial charge in [0.1, 0.15) is 10.4 Å². The number of pyridine rings is 1. The lowest BCUT2D eigenvalue weighted by Crippen LogP contribution is -2.06. The standard InChI is InChI=1S/C11H14BrNO2/c1-7(2)14-9-5-10(11(12)13-6-9)15-8-3-4-8/h5-8H,3-4H2,1-2H3. The summed E-state index contributed by atoms with van der Waals surface area (Å²) in [6, 6.07) is 1.88. The predicted octanol–water partition coefficient (Wildman–Crippen LogP) is 3.17. The summed E-state index contributed by atoms with van der Waals surface area (Å²) in [5, 5.41) is 0. The van der Waals surface area contributed by atoms with Crippen LogP contribution in [-0.2, 0) is 0 Å². The van der Waals surface area contributed by atoms with Crippen LogP contribution in [0.1, 0.15) is 26.7 Å². The van der Waals surface area contributed by atoms with Gasteiger partial charge in [-0.15, -0.1) is 0 Å². The highest BCUT2D eigenvalue weighted by molar-refractivity contribution is 9.10. The Labute approximate surface area is 97.9 Å². The summed E-state index contributed by atoms with van der Waals surface area (Å²) in [5.74, 6) is 1.53. The third-order valence-electron chi connectivity index (χ3n) is 1.97. The molecule has 15 heavy (non-hydrogen) atoms. The van der Waals surface area contributed by atoms with Gasteiger partial charge in [0, 0.05) is 6.07 Å². The Morgan fingerprint density at radius 2 is 2.20 bits per heavy atom. The van der Waals surface area contributed by atoms with Crippen molar-refractivity contribution >= 4 is 15.9 Å². The van der Waals surface area contributed by atoms with Crippen LogP contribution in [-0.4, -0.2) is 17.2 Å². The largest absolute Gasteiger partial charge is 0.489 e. The van der Waals surface area contributed by atoms with Crippen molar-refractivity contribution < 1.29 is 9.47 Å². The zero-order valence-corrected chi connectivity index (χ0v) is 10.5. The fraction of sp³-hybridized carbons (Fsp3) is 0.545. The molecule has 0 aromatic carbocycles. The first-order valence-electron chi connectivity index (χ1n) is 5.14. The van der Waals surface area contributed by atoms with E-state index in [-0.39, 0.29) is 6.10 Å². The van der Waals surface area contributed by atoms with Gasteiger partial charge in [0.05, 0.1) is 18.4 Å². The first-order valence-corrected chi connectivity index (χ1v) is 5.93. The van der Waals surface area contributed by atoms with Crippen molar-refractivity contribution in [3.05, 3.63) is 16.9 Å². The van der Waals surface area contributed by atoms with E-state index in [1.165, 1.54) is 0 Å². The molecule has 1 aromatic rings. The summed E-state index contributed by atoms with van der Waals surface area (Å²) in [4.78, 5) is 4.18. The number of hydrogen-bond donors (Lipinski definition) is 0. The second-order valence-corrected chi connectivity index (χ2v) is 4.69. The molecular weight excluding hydrogens is 258 g/mol. The zero-order valence-electron chi connectivity index (χ0n) is 8.87. The predicted molar refractivity (Wildman–Crippen MR) is 61.4 cm³/mol. The van der Waals surface area contributed by atoms with E-state index in [1.807, 2.05) is 19.9 Å². The van der Waals surface area contributed by atoms with Crippen LogP contribution in [0.2, 0.25) is 0 Å². The molecule has 1 saturated carbocycles. The van der Waals surface area contributed by atoms with E-state index in [0.717, 1.165) is 28.9 Å². The van der Waals surface area contributed by atoms with Gasteiger partial charge in [0.25, 0.3) is 0 Å². The maximum Gasteiger partial charge on any atom is 0.156 e. The molecule has 0 spiro atoms. The summed E-state index contributed by atoms with van der Waals surface area (Å²) in [7, 11) is 0. The lowest BCUT2D eigenvalue weighted by molar-refractivity contribution is 0.237. The van der Waals surface area contributed by atoms with Gasteiger partial charge in [-0.05, 0) is 42.6 Å². The molecule has 0 amide bonds. The van der Waals surface area contributed by atoms with E-state index in [2.05, 4.69) is 20.9 Å². The molecule has 1 heterocycles. The second-order valence-electron chi connectivity index (χ2n) is 3.94. The number of halogens is 1. The van der Waals surface area contributed by atoms with Crippen LogP contribution in [0, 0.1) is 0 Å². The third kappa shape index (κ3) is 3.09. The lowest BCUT2D eigenvalue weighted by atomic mass is 10.4. The highest BCUT2D eigenvalue weighted by atomic mass is 79.9.